The standard InChI is InChI=1S/C12H15N2O4.ClH/c15-13(16)11-3-1-10(2-4-11)9-14-5-7-17-12(14)18-8-6-14;/h1-4,12H,5-9H2;1H/q+1;/p-1. The summed E-state index contributed by atoms with van der Waals surface area (Å²) in [4.78, 5) is 10.2. The second-order valence-electron chi connectivity index (χ2n) is 4.80. The van der Waals surface area contributed by atoms with Crippen LogP contribution in [0.2, 0.25) is 0 Å². The van der Waals surface area contributed by atoms with E-state index in [2.05, 4.69) is 0 Å². The lowest BCUT2D eigenvalue weighted by atomic mass is 10.1. The third kappa shape index (κ3) is 2.57. The Balaban J connectivity index is 0.00000133. The van der Waals surface area contributed by atoms with E-state index in [9.17, 15) is 10.1 Å². The van der Waals surface area contributed by atoms with Crippen LogP contribution in [0.1, 0.15) is 5.56 Å². The van der Waals surface area contributed by atoms with Crippen molar-refractivity contribution in [1.82, 2.24) is 0 Å². The largest absolute Gasteiger partial charge is 1.00 e. The fourth-order valence-electron chi connectivity index (χ4n) is 2.68. The van der Waals surface area contributed by atoms with E-state index in [-0.39, 0.29) is 29.4 Å². The number of non-ortho nitro benzene ring substituents is 1. The fraction of sp³-hybridized carbons (Fsp3) is 0.500. The number of nitro benzene ring substituents is 1. The van der Waals surface area contributed by atoms with E-state index >= 15 is 0 Å². The van der Waals surface area contributed by atoms with E-state index in [0.29, 0.717) is 0 Å². The highest BCUT2D eigenvalue weighted by Crippen LogP contribution is 2.30. The Morgan fingerprint density at radius 3 is 2.32 bits per heavy atom. The monoisotopic (exact) mass is 286 g/mol. The molecule has 0 radical (unpaired) electrons. The normalized spacial score (nSPS) is 28.7. The van der Waals surface area contributed by atoms with Gasteiger partial charge in [-0.3, -0.25) is 24.1 Å². The van der Waals surface area contributed by atoms with Gasteiger partial charge in [0.15, 0.2) is 0 Å². The van der Waals surface area contributed by atoms with Crippen LogP contribution in [-0.2, 0) is 16.0 Å². The van der Waals surface area contributed by atoms with E-state index in [1.807, 2.05) is 12.1 Å². The minimum atomic E-state index is -0.378. The van der Waals surface area contributed by atoms with Crippen molar-refractivity contribution in [2.75, 3.05) is 26.3 Å². The molecule has 7 heteroatoms. The van der Waals surface area contributed by atoms with E-state index in [4.69, 9.17) is 9.47 Å². The number of nitro groups is 1. The maximum Gasteiger partial charge on any atom is 0.309 e. The van der Waals surface area contributed by atoms with Gasteiger partial charge in [0.2, 0.25) is 0 Å². The molecule has 1 aromatic rings. The number of hydrogen-bond donors (Lipinski definition) is 0. The molecular formula is C12H15ClN2O4. The first-order valence-corrected chi connectivity index (χ1v) is 6.02. The summed E-state index contributed by atoms with van der Waals surface area (Å²) in [5, 5.41) is 10.6. The second-order valence-corrected chi connectivity index (χ2v) is 4.80. The van der Waals surface area contributed by atoms with Crippen LogP contribution >= 0.6 is 0 Å². The fourth-order valence-corrected chi connectivity index (χ4v) is 2.68. The van der Waals surface area contributed by atoms with Crippen molar-refractivity contribution >= 4 is 5.69 Å². The summed E-state index contributed by atoms with van der Waals surface area (Å²) in [7, 11) is 0. The zero-order valence-electron chi connectivity index (χ0n) is 10.3. The maximum atomic E-state index is 10.6. The smallest absolute Gasteiger partial charge is 0.309 e. The third-order valence-corrected chi connectivity index (χ3v) is 3.69. The van der Waals surface area contributed by atoms with Gasteiger partial charge < -0.3 is 12.4 Å². The van der Waals surface area contributed by atoms with E-state index in [1.165, 1.54) is 0 Å². The van der Waals surface area contributed by atoms with Crippen LogP contribution in [-0.4, -0.2) is 42.1 Å². The van der Waals surface area contributed by atoms with Gasteiger partial charge in [0.1, 0.15) is 32.8 Å². The van der Waals surface area contributed by atoms with Gasteiger partial charge >= 0.3 is 6.41 Å². The highest BCUT2D eigenvalue weighted by molar-refractivity contribution is 5.32. The van der Waals surface area contributed by atoms with Gasteiger partial charge in [-0.1, -0.05) is 0 Å². The average molecular weight is 287 g/mol. The number of nitrogens with zero attached hydrogens (tertiary/aromatic N) is 2. The number of ether oxygens (including phenoxy) is 2. The minimum absolute atomic E-state index is 0. The first-order chi connectivity index (χ1) is 8.70. The maximum absolute atomic E-state index is 10.6. The lowest BCUT2D eigenvalue weighted by Crippen LogP contribution is -3.00. The Morgan fingerprint density at radius 2 is 1.79 bits per heavy atom. The first-order valence-electron chi connectivity index (χ1n) is 6.02. The Bertz CT molecular complexity index is 455. The van der Waals surface area contributed by atoms with Gasteiger partial charge in [-0.2, -0.15) is 0 Å². The van der Waals surface area contributed by atoms with Gasteiger partial charge in [-0.05, 0) is 12.1 Å². The molecule has 6 nitrogen and oxygen atoms in total. The summed E-state index contributed by atoms with van der Waals surface area (Å²) < 4.78 is 11.9. The van der Waals surface area contributed by atoms with Crippen LogP contribution in [0.4, 0.5) is 5.69 Å². The topological polar surface area (TPSA) is 61.6 Å². The van der Waals surface area contributed by atoms with Gasteiger partial charge in [-0.15, -0.1) is 0 Å². The summed E-state index contributed by atoms with van der Waals surface area (Å²) in [6.45, 7) is 4.14. The summed E-state index contributed by atoms with van der Waals surface area (Å²) in [5.74, 6) is 0. The summed E-state index contributed by atoms with van der Waals surface area (Å²) in [6.07, 6.45) is -0.153. The molecular weight excluding hydrogens is 272 g/mol. The van der Waals surface area contributed by atoms with Crippen molar-refractivity contribution < 1.29 is 31.3 Å². The summed E-state index contributed by atoms with van der Waals surface area (Å²) in [5.41, 5.74) is 1.22. The van der Waals surface area contributed by atoms with Crippen LogP contribution in [0.3, 0.4) is 0 Å². The number of fused-ring (bicyclic) bond motifs is 1. The van der Waals surface area contributed by atoms with Crippen molar-refractivity contribution in [2.24, 2.45) is 0 Å². The van der Waals surface area contributed by atoms with Crippen LogP contribution in [0.5, 0.6) is 0 Å². The van der Waals surface area contributed by atoms with Crippen molar-refractivity contribution in [1.29, 1.82) is 0 Å². The minimum Gasteiger partial charge on any atom is -1.00 e. The Labute approximate surface area is 117 Å². The van der Waals surface area contributed by atoms with Crippen molar-refractivity contribution in [2.45, 2.75) is 13.0 Å². The molecule has 104 valence electrons. The lowest BCUT2D eigenvalue weighted by Gasteiger charge is -2.30. The molecule has 2 aliphatic heterocycles. The van der Waals surface area contributed by atoms with Gasteiger partial charge in [0.25, 0.3) is 5.69 Å². The van der Waals surface area contributed by atoms with E-state index in [1.54, 1.807) is 12.1 Å². The predicted octanol–water partition coefficient (Wildman–Crippen LogP) is -1.74. The molecule has 0 unspecified atom stereocenters. The first kappa shape index (κ1) is 14.2. The Morgan fingerprint density at radius 1 is 1.21 bits per heavy atom. The molecule has 0 atom stereocenters. The molecule has 0 aliphatic carbocycles. The molecule has 2 fully saturated rings. The molecule has 2 heterocycles. The molecule has 1 aromatic carbocycles. The Hall–Kier alpha value is -1.21. The second kappa shape index (κ2) is 5.42. The molecule has 0 aromatic heterocycles. The zero-order valence-corrected chi connectivity index (χ0v) is 11.1. The van der Waals surface area contributed by atoms with Crippen molar-refractivity contribution in [3.63, 3.8) is 0 Å². The van der Waals surface area contributed by atoms with Gasteiger partial charge in [-0.25, -0.2) is 0 Å². The zero-order chi connectivity index (χ0) is 12.6. The SMILES string of the molecule is O=[N+]([O-])c1ccc(C[N+]23CCOC2OCC3)cc1.[Cl-]. The Kier molecular flexibility index (Phi) is 4.05. The van der Waals surface area contributed by atoms with E-state index < -0.39 is 0 Å². The number of quaternary nitrogens is 1. The quantitative estimate of drug-likeness (QED) is 0.376. The van der Waals surface area contributed by atoms with Gasteiger partial charge in [0.05, 0.1) is 4.92 Å². The molecule has 0 saturated carbocycles. The molecule has 2 saturated heterocycles. The number of benzene rings is 1. The number of hydrogen-bond acceptors (Lipinski definition) is 4. The molecule has 0 bridgehead atoms. The summed E-state index contributed by atoms with van der Waals surface area (Å²) >= 11 is 0. The molecule has 0 spiro atoms. The molecule has 3 rings (SSSR count). The molecule has 0 N–H and O–H groups in total. The number of halogens is 1. The van der Waals surface area contributed by atoms with Crippen molar-refractivity contribution in [3.05, 3.63) is 39.9 Å². The average Bonchev–Trinajstić information content (AvgIpc) is 2.88. The summed E-state index contributed by atoms with van der Waals surface area (Å²) in [6, 6.07) is 6.74. The number of rotatable bonds is 3. The van der Waals surface area contributed by atoms with Crippen LogP contribution in [0, 0.1) is 10.1 Å². The van der Waals surface area contributed by atoms with E-state index in [0.717, 1.165) is 42.9 Å². The molecule has 2 aliphatic rings. The third-order valence-electron chi connectivity index (χ3n) is 3.69. The van der Waals surface area contributed by atoms with Crippen LogP contribution in [0.25, 0.3) is 0 Å². The van der Waals surface area contributed by atoms with Crippen molar-refractivity contribution in [3.8, 4) is 0 Å². The lowest BCUT2D eigenvalue weighted by molar-refractivity contribution is -0.962. The predicted molar refractivity (Wildman–Crippen MR) is 62.5 cm³/mol. The molecule has 19 heavy (non-hydrogen) atoms. The van der Waals surface area contributed by atoms with Gasteiger partial charge in [0, 0.05) is 17.7 Å². The molecule has 0 amide bonds. The highest BCUT2D eigenvalue weighted by Gasteiger charge is 2.48. The van der Waals surface area contributed by atoms with Crippen LogP contribution < -0.4 is 12.4 Å². The highest BCUT2D eigenvalue weighted by atomic mass is 35.5. The van der Waals surface area contributed by atoms with Crippen LogP contribution in [0.15, 0.2) is 24.3 Å².